The lowest BCUT2D eigenvalue weighted by molar-refractivity contribution is 0.0942. The third-order valence-electron chi connectivity index (χ3n) is 4.89. The second-order valence-electron chi connectivity index (χ2n) is 6.90. The normalized spacial score (nSPS) is 16.6. The van der Waals surface area contributed by atoms with Gasteiger partial charge in [0, 0.05) is 37.4 Å². The van der Waals surface area contributed by atoms with Crippen molar-refractivity contribution in [3.05, 3.63) is 29.8 Å². The van der Waals surface area contributed by atoms with Gasteiger partial charge in [0.15, 0.2) is 0 Å². The van der Waals surface area contributed by atoms with Gasteiger partial charge in [0.25, 0.3) is 5.91 Å². The lowest BCUT2D eigenvalue weighted by atomic mass is 10.1. The summed E-state index contributed by atoms with van der Waals surface area (Å²) in [4.78, 5) is 17.1. The summed E-state index contributed by atoms with van der Waals surface area (Å²) in [6, 6.07) is 7.94. The van der Waals surface area contributed by atoms with E-state index in [0.29, 0.717) is 5.92 Å². The summed E-state index contributed by atoms with van der Waals surface area (Å²) in [5.41, 5.74) is 1.92. The topological polar surface area (TPSA) is 35.6 Å². The van der Waals surface area contributed by atoms with Crippen molar-refractivity contribution in [1.82, 2.24) is 10.2 Å². The number of carbonyl (C=O) groups is 1. The molecule has 4 nitrogen and oxygen atoms in total. The fourth-order valence-electron chi connectivity index (χ4n) is 3.43. The highest BCUT2D eigenvalue weighted by Gasteiger charge is 2.14. The third kappa shape index (κ3) is 5.52. The molecule has 2 rings (SSSR count). The Hall–Kier alpha value is -1.55. The van der Waals surface area contributed by atoms with Crippen molar-refractivity contribution in [3.8, 4) is 0 Å². The molecule has 1 amide bonds. The Labute approximate surface area is 147 Å². The molecule has 1 fully saturated rings. The minimum absolute atomic E-state index is 0.0339. The van der Waals surface area contributed by atoms with Crippen LogP contribution in [0.25, 0.3) is 0 Å². The lowest BCUT2D eigenvalue weighted by Gasteiger charge is -2.29. The van der Waals surface area contributed by atoms with Gasteiger partial charge in [-0.1, -0.05) is 13.3 Å². The number of nitrogens with zero attached hydrogens (tertiary/aromatic N) is 2. The van der Waals surface area contributed by atoms with Gasteiger partial charge in [-0.3, -0.25) is 4.79 Å². The van der Waals surface area contributed by atoms with Crippen molar-refractivity contribution in [1.29, 1.82) is 0 Å². The molecule has 134 valence electrons. The first-order valence-corrected chi connectivity index (χ1v) is 9.49. The number of piperidine rings is 1. The summed E-state index contributed by atoms with van der Waals surface area (Å²) in [5.74, 6) is 0.522. The molecule has 0 spiro atoms. The number of rotatable bonds is 8. The van der Waals surface area contributed by atoms with Crippen molar-refractivity contribution < 1.29 is 4.79 Å². The molecule has 1 unspecified atom stereocenters. The average molecular weight is 332 g/mol. The second kappa shape index (κ2) is 9.67. The quantitative estimate of drug-likeness (QED) is 0.793. The first-order valence-electron chi connectivity index (χ1n) is 9.49. The van der Waals surface area contributed by atoms with Gasteiger partial charge in [-0.25, -0.2) is 0 Å². The lowest BCUT2D eigenvalue weighted by Crippen LogP contribution is -2.38. The van der Waals surface area contributed by atoms with E-state index in [9.17, 15) is 4.79 Å². The number of nitrogens with one attached hydrogen (secondary N) is 1. The summed E-state index contributed by atoms with van der Waals surface area (Å²) >= 11 is 0. The van der Waals surface area contributed by atoms with E-state index in [1.807, 2.05) is 24.3 Å². The Morgan fingerprint density at radius 1 is 1.12 bits per heavy atom. The van der Waals surface area contributed by atoms with Crippen molar-refractivity contribution >= 4 is 11.6 Å². The first-order chi connectivity index (χ1) is 11.6. The van der Waals surface area contributed by atoms with Crippen LogP contribution >= 0.6 is 0 Å². The second-order valence-corrected chi connectivity index (χ2v) is 6.90. The van der Waals surface area contributed by atoms with E-state index in [2.05, 4.69) is 35.9 Å². The largest absolute Gasteiger partial charge is 0.372 e. The predicted octanol–water partition coefficient (Wildman–Crippen LogP) is 3.38. The molecular weight excluding hydrogens is 298 g/mol. The highest BCUT2D eigenvalue weighted by Crippen LogP contribution is 2.15. The fourth-order valence-corrected chi connectivity index (χ4v) is 3.43. The highest BCUT2D eigenvalue weighted by molar-refractivity contribution is 5.94. The van der Waals surface area contributed by atoms with Gasteiger partial charge < -0.3 is 15.1 Å². The van der Waals surface area contributed by atoms with Gasteiger partial charge in [0.1, 0.15) is 0 Å². The maximum Gasteiger partial charge on any atom is 0.251 e. The van der Waals surface area contributed by atoms with Gasteiger partial charge in [0.2, 0.25) is 0 Å². The van der Waals surface area contributed by atoms with Gasteiger partial charge in [-0.05, 0) is 70.0 Å². The smallest absolute Gasteiger partial charge is 0.251 e. The standard InChI is InChI=1S/C20H33N3O/c1-4-23(5-2)19-11-9-18(10-12-19)20(24)21-15-17(3)16-22-13-7-6-8-14-22/h9-12,17H,4-8,13-16H2,1-3H3,(H,21,24). The van der Waals surface area contributed by atoms with Gasteiger partial charge in [-0.15, -0.1) is 0 Å². The van der Waals surface area contributed by atoms with E-state index in [-0.39, 0.29) is 5.91 Å². The zero-order valence-corrected chi connectivity index (χ0v) is 15.6. The Morgan fingerprint density at radius 2 is 1.75 bits per heavy atom. The molecule has 1 N–H and O–H groups in total. The molecule has 4 heteroatoms. The fraction of sp³-hybridized carbons (Fsp3) is 0.650. The number of anilines is 1. The van der Waals surface area contributed by atoms with Gasteiger partial charge >= 0.3 is 0 Å². The molecule has 1 saturated heterocycles. The number of benzene rings is 1. The minimum atomic E-state index is 0.0339. The number of hydrogen-bond acceptors (Lipinski definition) is 3. The van der Waals surface area contributed by atoms with Crippen LogP contribution in [0.4, 0.5) is 5.69 Å². The summed E-state index contributed by atoms with van der Waals surface area (Å²) in [7, 11) is 0. The molecule has 1 aromatic rings. The van der Waals surface area contributed by atoms with E-state index < -0.39 is 0 Å². The van der Waals surface area contributed by atoms with Crippen LogP contribution < -0.4 is 10.2 Å². The molecule has 0 saturated carbocycles. The summed E-state index contributed by atoms with van der Waals surface area (Å²) < 4.78 is 0. The van der Waals surface area contributed by atoms with E-state index >= 15 is 0 Å². The molecule has 1 atom stereocenters. The number of carbonyl (C=O) groups excluding carboxylic acids is 1. The summed E-state index contributed by atoms with van der Waals surface area (Å²) in [5, 5.41) is 3.09. The van der Waals surface area contributed by atoms with Crippen LogP contribution in [0.5, 0.6) is 0 Å². The van der Waals surface area contributed by atoms with Crippen LogP contribution in [0.2, 0.25) is 0 Å². The number of amides is 1. The first kappa shape index (κ1) is 18.8. The molecule has 1 aliphatic heterocycles. The SMILES string of the molecule is CCN(CC)c1ccc(C(=O)NCC(C)CN2CCCCC2)cc1. The van der Waals surface area contributed by atoms with Gasteiger partial charge in [0.05, 0.1) is 0 Å². The zero-order chi connectivity index (χ0) is 17.4. The highest BCUT2D eigenvalue weighted by atomic mass is 16.1. The summed E-state index contributed by atoms with van der Waals surface area (Å²) in [6.45, 7) is 12.7. The van der Waals surface area contributed by atoms with Crippen LogP contribution in [-0.2, 0) is 0 Å². The molecule has 1 aliphatic rings. The Kier molecular flexibility index (Phi) is 7.57. The maximum absolute atomic E-state index is 12.3. The van der Waals surface area contributed by atoms with E-state index in [0.717, 1.165) is 31.7 Å². The maximum atomic E-state index is 12.3. The monoisotopic (exact) mass is 331 g/mol. The molecular formula is C20H33N3O. The number of hydrogen-bond donors (Lipinski definition) is 1. The van der Waals surface area contributed by atoms with E-state index in [1.54, 1.807) is 0 Å². The molecule has 0 aliphatic carbocycles. The molecule has 1 heterocycles. The van der Waals surface area contributed by atoms with Crippen LogP contribution in [0.15, 0.2) is 24.3 Å². The van der Waals surface area contributed by atoms with Crippen molar-refractivity contribution in [3.63, 3.8) is 0 Å². The molecule has 1 aromatic carbocycles. The summed E-state index contributed by atoms with van der Waals surface area (Å²) in [6.07, 6.45) is 4.00. The predicted molar refractivity (Wildman–Crippen MR) is 102 cm³/mol. The van der Waals surface area contributed by atoms with Crippen LogP contribution in [-0.4, -0.2) is 50.1 Å². The van der Waals surface area contributed by atoms with Crippen molar-refractivity contribution in [2.24, 2.45) is 5.92 Å². The van der Waals surface area contributed by atoms with Crippen LogP contribution in [0.3, 0.4) is 0 Å². The van der Waals surface area contributed by atoms with E-state index in [4.69, 9.17) is 0 Å². The molecule has 0 radical (unpaired) electrons. The zero-order valence-electron chi connectivity index (χ0n) is 15.6. The van der Waals surface area contributed by atoms with E-state index in [1.165, 1.54) is 38.0 Å². The van der Waals surface area contributed by atoms with Crippen LogP contribution in [0, 0.1) is 5.92 Å². The number of likely N-dealkylation sites (tertiary alicyclic amines) is 1. The van der Waals surface area contributed by atoms with Crippen molar-refractivity contribution in [2.75, 3.05) is 44.2 Å². The molecule has 0 bridgehead atoms. The van der Waals surface area contributed by atoms with Gasteiger partial charge in [-0.2, -0.15) is 0 Å². The molecule has 24 heavy (non-hydrogen) atoms. The Bertz CT molecular complexity index is 490. The van der Waals surface area contributed by atoms with Crippen LogP contribution in [0.1, 0.15) is 50.4 Å². The average Bonchev–Trinajstić information content (AvgIpc) is 2.62. The molecule has 0 aromatic heterocycles. The Morgan fingerprint density at radius 3 is 2.33 bits per heavy atom. The third-order valence-corrected chi connectivity index (χ3v) is 4.89. The van der Waals surface area contributed by atoms with Crippen molar-refractivity contribution in [2.45, 2.75) is 40.0 Å². The Balaban J connectivity index is 1.79. The minimum Gasteiger partial charge on any atom is -0.372 e.